The maximum absolute atomic E-state index is 12.8. The molecule has 3 aromatic carbocycles. The van der Waals surface area contributed by atoms with Gasteiger partial charge in [0.15, 0.2) is 0 Å². The van der Waals surface area contributed by atoms with Crippen molar-refractivity contribution >= 4 is 46.8 Å². The Morgan fingerprint density at radius 3 is 2.16 bits per heavy atom. The smallest absolute Gasteiger partial charge is 0.326 e. The Balaban J connectivity index is 1.63. The number of hydrogen-bond donors (Lipinski definition) is 3. The summed E-state index contributed by atoms with van der Waals surface area (Å²) >= 11 is 3.08. The van der Waals surface area contributed by atoms with Crippen LogP contribution in [-0.2, 0) is 6.18 Å². The van der Waals surface area contributed by atoms with Gasteiger partial charge in [-0.25, -0.2) is 4.79 Å². The van der Waals surface area contributed by atoms with Crippen LogP contribution >= 0.6 is 23.7 Å². The van der Waals surface area contributed by atoms with E-state index in [4.69, 9.17) is 0 Å². The number of carbonyl (C=O) groups is 1. The van der Waals surface area contributed by atoms with Crippen molar-refractivity contribution in [1.82, 2.24) is 0 Å². The quantitative estimate of drug-likeness (QED) is 0.262. The van der Waals surface area contributed by atoms with E-state index in [-0.39, 0.29) is 5.69 Å². The summed E-state index contributed by atoms with van der Waals surface area (Å²) in [7, 11) is 0. The summed E-state index contributed by atoms with van der Waals surface area (Å²) in [4.78, 5) is 14.3. The number of anilines is 3. The van der Waals surface area contributed by atoms with Crippen LogP contribution in [0.15, 0.2) is 76.5 Å². The Kier molecular flexibility index (Phi) is 7.40. The van der Waals surface area contributed by atoms with Crippen LogP contribution in [-0.4, -0.2) is 12.3 Å². The van der Waals surface area contributed by atoms with Gasteiger partial charge in [-0.3, -0.25) is 0 Å². The fourth-order valence-electron chi connectivity index (χ4n) is 2.63. The lowest BCUT2D eigenvalue weighted by atomic mass is 10.2. The largest absolute Gasteiger partial charge is 0.416 e. The van der Waals surface area contributed by atoms with Gasteiger partial charge in [0.25, 0.3) is 0 Å². The number of thioether (sulfide) groups is 1. The molecule has 31 heavy (non-hydrogen) atoms. The molecule has 0 atom stereocenters. The van der Waals surface area contributed by atoms with Crippen LogP contribution in [0.3, 0.4) is 0 Å². The Morgan fingerprint density at radius 2 is 1.52 bits per heavy atom. The molecule has 0 spiro atoms. The number of nitrogens with one attached hydrogen (secondary N) is 3. The maximum atomic E-state index is 12.8. The molecule has 0 aliphatic heterocycles. The zero-order valence-electron chi connectivity index (χ0n) is 16.7. The van der Waals surface area contributed by atoms with Crippen LogP contribution in [0, 0.1) is 6.92 Å². The summed E-state index contributed by atoms with van der Waals surface area (Å²) < 4.78 is 41.8. The van der Waals surface area contributed by atoms with Crippen LogP contribution in [0.2, 0.25) is 0 Å². The molecule has 2 amide bonds. The first-order valence-electron chi connectivity index (χ1n) is 9.17. The standard InChI is InChI=1S/C22H20F3N3OS2/c1-14-6-7-18(13-20(14)31-28-16-8-10-19(30-2)11-9-16)27-21(29)26-17-5-3-4-15(12-17)22(23,24)25/h3-13,28H,1-2H3,(H2,26,27,29). The van der Waals surface area contributed by atoms with Gasteiger partial charge >= 0.3 is 12.2 Å². The number of amides is 2. The molecule has 162 valence electrons. The third kappa shape index (κ3) is 6.60. The molecule has 0 saturated heterocycles. The highest BCUT2D eigenvalue weighted by atomic mass is 32.2. The summed E-state index contributed by atoms with van der Waals surface area (Å²) in [5.74, 6) is 0. The zero-order chi connectivity index (χ0) is 22.4. The molecule has 0 unspecified atom stereocenters. The van der Waals surface area contributed by atoms with Gasteiger partial charge < -0.3 is 15.4 Å². The van der Waals surface area contributed by atoms with E-state index in [0.717, 1.165) is 28.3 Å². The van der Waals surface area contributed by atoms with Crippen molar-refractivity contribution < 1.29 is 18.0 Å². The van der Waals surface area contributed by atoms with Gasteiger partial charge in [0.1, 0.15) is 0 Å². The maximum Gasteiger partial charge on any atom is 0.416 e. The van der Waals surface area contributed by atoms with Crippen LogP contribution in [0.5, 0.6) is 0 Å². The van der Waals surface area contributed by atoms with E-state index in [9.17, 15) is 18.0 Å². The molecule has 0 aliphatic rings. The molecule has 4 nitrogen and oxygen atoms in total. The second-order valence-electron chi connectivity index (χ2n) is 6.57. The first-order chi connectivity index (χ1) is 14.7. The topological polar surface area (TPSA) is 53.2 Å². The van der Waals surface area contributed by atoms with Gasteiger partial charge in [-0.1, -0.05) is 12.1 Å². The average molecular weight is 464 g/mol. The molecule has 0 fully saturated rings. The Labute approximate surface area is 187 Å². The first-order valence-corrected chi connectivity index (χ1v) is 11.2. The summed E-state index contributed by atoms with van der Waals surface area (Å²) in [6, 6.07) is 17.3. The fourth-order valence-corrected chi connectivity index (χ4v) is 3.81. The van der Waals surface area contributed by atoms with E-state index < -0.39 is 17.8 Å². The second kappa shape index (κ2) is 10.0. The number of rotatable bonds is 6. The predicted octanol–water partition coefficient (Wildman–Crippen LogP) is 7.50. The van der Waals surface area contributed by atoms with Crippen molar-refractivity contribution in [3.63, 3.8) is 0 Å². The van der Waals surface area contributed by atoms with Crippen molar-refractivity contribution in [3.8, 4) is 0 Å². The highest BCUT2D eigenvalue weighted by Crippen LogP contribution is 2.31. The molecule has 0 saturated carbocycles. The number of hydrogen-bond acceptors (Lipinski definition) is 4. The highest BCUT2D eigenvalue weighted by molar-refractivity contribution is 8.00. The SMILES string of the molecule is CSc1ccc(NSc2cc(NC(=O)Nc3cccc(C(F)(F)F)c3)ccc2C)cc1. The van der Waals surface area contributed by atoms with E-state index in [2.05, 4.69) is 15.4 Å². The third-order valence-corrected chi connectivity index (χ3v) is 6.00. The van der Waals surface area contributed by atoms with Gasteiger partial charge in [0.2, 0.25) is 0 Å². The lowest BCUT2D eigenvalue weighted by molar-refractivity contribution is -0.137. The van der Waals surface area contributed by atoms with Gasteiger partial charge in [-0.05, 0) is 85.3 Å². The number of halogens is 3. The van der Waals surface area contributed by atoms with E-state index in [0.29, 0.717) is 5.69 Å². The van der Waals surface area contributed by atoms with Crippen molar-refractivity contribution in [2.45, 2.75) is 22.9 Å². The summed E-state index contributed by atoms with van der Waals surface area (Å²) in [6.07, 6.45) is -2.46. The molecule has 0 aliphatic carbocycles. The molecule has 0 heterocycles. The number of carbonyl (C=O) groups excluding carboxylic acids is 1. The van der Waals surface area contributed by atoms with E-state index in [1.807, 2.05) is 43.5 Å². The Bertz CT molecular complexity index is 1060. The summed E-state index contributed by atoms with van der Waals surface area (Å²) in [5, 5.41) is 5.09. The van der Waals surface area contributed by atoms with Crippen LogP contribution in [0.1, 0.15) is 11.1 Å². The van der Waals surface area contributed by atoms with Gasteiger partial charge in [0, 0.05) is 26.9 Å². The van der Waals surface area contributed by atoms with Crippen LogP contribution in [0.25, 0.3) is 0 Å². The zero-order valence-corrected chi connectivity index (χ0v) is 18.3. The van der Waals surface area contributed by atoms with Gasteiger partial charge in [-0.2, -0.15) is 13.2 Å². The first kappa shape index (κ1) is 22.9. The second-order valence-corrected chi connectivity index (χ2v) is 8.30. The normalized spacial score (nSPS) is 11.1. The number of urea groups is 1. The molecular formula is C22H20F3N3OS2. The lowest BCUT2D eigenvalue weighted by Crippen LogP contribution is -2.19. The Morgan fingerprint density at radius 1 is 0.871 bits per heavy atom. The molecule has 3 aromatic rings. The predicted molar refractivity (Wildman–Crippen MR) is 123 cm³/mol. The van der Waals surface area contributed by atoms with E-state index in [1.165, 1.54) is 29.0 Å². The monoisotopic (exact) mass is 463 g/mol. The molecule has 9 heteroatoms. The minimum atomic E-state index is -4.47. The van der Waals surface area contributed by atoms with E-state index >= 15 is 0 Å². The molecule has 0 bridgehead atoms. The highest BCUT2D eigenvalue weighted by Gasteiger charge is 2.30. The van der Waals surface area contributed by atoms with Crippen LogP contribution < -0.4 is 15.4 Å². The third-order valence-electron chi connectivity index (χ3n) is 4.26. The van der Waals surface area contributed by atoms with Crippen molar-refractivity contribution in [3.05, 3.63) is 77.9 Å². The van der Waals surface area contributed by atoms with Crippen molar-refractivity contribution in [2.24, 2.45) is 0 Å². The molecule has 0 radical (unpaired) electrons. The van der Waals surface area contributed by atoms with Crippen molar-refractivity contribution in [2.75, 3.05) is 21.6 Å². The molecule has 3 rings (SSSR count). The van der Waals surface area contributed by atoms with Gasteiger partial charge in [-0.15, -0.1) is 11.8 Å². The number of benzene rings is 3. The van der Waals surface area contributed by atoms with Crippen molar-refractivity contribution in [1.29, 1.82) is 0 Å². The summed E-state index contributed by atoms with van der Waals surface area (Å²) in [5.41, 5.74) is 1.72. The van der Waals surface area contributed by atoms with Gasteiger partial charge in [0.05, 0.1) is 5.56 Å². The van der Waals surface area contributed by atoms with Crippen LogP contribution in [0.4, 0.5) is 35.0 Å². The molecular weight excluding hydrogens is 443 g/mol. The average Bonchev–Trinajstić information content (AvgIpc) is 2.74. The van der Waals surface area contributed by atoms with E-state index in [1.54, 1.807) is 23.9 Å². The summed E-state index contributed by atoms with van der Waals surface area (Å²) in [6.45, 7) is 1.95. The molecule has 3 N–H and O–H groups in total. The number of aryl methyl sites for hydroxylation is 1. The minimum Gasteiger partial charge on any atom is -0.326 e. The fraction of sp³-hybridized carbons (Fsp3) is 0.136. The molecule has 0 aromatic heterocycles. The Hall–Kier alpha value is -2.78. The lowest BCUT2D eigenvalue weighted by Gasteiger charge is -2.13. The minimum absolute atomic E-state index is 0.0596. The number of alkyl halides is 3.